The van der Waals surface area contributed by atoms with Gasteiger partial charge >= 0.3 is 0 Å². The van der Waals surface area contributed by atoms with Crippen molar-refractivity contribution in [3.63, 3.8) is 0 Å². The predicted molar refractivity (Wildman–Crippen MR) is 216 cm³/mol. The van der Waals surface area contributed by atoms with Crippen LogP contribution in [0.3, 0.4) is 0 Å². The number of benzene rings is 10. The van der Waals surface area contributed by atoms with E-state index in [1.807, 2.05) is 0 Å². The lowest BCUT2D eigenvalue weighted by atomic mass is 9.80. The number of hydrogen-bond acceptors (Lipinski definition) is 0. The molecule has 0 aliphatic carbocycles. The third-order valence-electron chi connectivity index (χ3n) is 10.5. The monoisotopic (exact) mass is 632 g/mol. The molecule has 0 nitrogen and oxygen atoms in total. The van der Waals surface area contributed by atoms with Gasteiger partial charge in [0.2, 0.25) is 0 Å². The van der Waals surface area contributed by atoms with E-state index in [4.69, 9.17) is 0 Å². The molecule has 0 saturated carbocycles. The van der Waals surface area contributed by atoms with Gasteiger partial charge in [-0.2, -0.15) is 0 Å². The van der Waals surface area contributed by atoms with E-state index in [1.54, 1.807) is 0 Å². The fourth-order valence-electron chi connectivity index (χ4n) is 8.22. The first-order valence-corrected chi connectivity index (χ1v) is 17.4. The molecular weight excluding hydrogens is 601 g/mol. The van der Waals surface area contributed by atoms with Crippen molar-refractivity contribution < 1.29 is 0 Å². The molecular formula is C50H32. The maximum atomic E-state index is 2.40. The molecule has 0 aliphatic rings. The summed E-state index contributed by atoms with van der Waals surface area (Å²) in [5, 5.41) is 12.7. The second kappa shape index (κ2) is 11.6. The normalized spacial score (nSPS) is 11.6. The van der Waals surface area contributed by atoms with Gasteiger partial charge in [0.05, 0.1) is 0 Å². The van der Waals surface area contributed by atoms with Crippen LogP contribution in [0.5, 0.6) is 0 Å². The largest absolute Gasteiger partial charge is 0.0622 e. The van der Waals surface area contributed by atoms with E-state index in [0.29, 0.717) is 0 Å². The van der Waals surface area contributed by atoms with Crippen molar-refractivity contribution in [2.45, 2.75) is 0 Å². The van der Waals surface area contributed by atoms with E-state index >= 15 is 0 Å². The van der Waals surface area contributed by atoms with E-state index in [1.165, 1.54) is 98.4 Å². The van der Waals surface area contributed by atoms with Gasteiger partial charge in [-0.1, -0.05) is 188 Å². The second-order valence-electron chi connectivity index (χ2n) is 13.2. The van der Waals surface area contributed by atoms with E-state index in [9.17, 15) is 0 Å². The minimum Gasteiger partial charge on any atom is -0.0622 e. The van der Waals surface area contributed by atoms with E-state index < -0.39 is 0 Å². The average molecular weight is 633 g/mol. The number of hydrogen-bond donors (Lipinski definition) is 0. The number of fused-ring (bicyclic) bond motifs is 7. The van der Waals surface area contributed by atoms with Crippen LogP contribution in [0.25, 0.3) is 98.4 Å². The molecule has 50 heavy (non-hydrogen) atoms. The predicted octanol–water partition coefficient (Wildman–Crippen LogP) is 14.1. The van der Waals surface area contributed by atoms with E-state index in [0.717, 1.165) is 0 Å². The Morgan fingerprint density at radius 2 is 0.700 bits per heavy atom. The SMILES string of the molecule is c1ccc(-c2cc3ccccc3c(-c3cccc4ccccc34)c2-c2ccccc2-c2cccc3c2ccc2c4ccccc4ccc32)cc1. The Kier molecular flexibility index (Phi) is 6.60. The Hall–Kier alpha value is -6.50. The second-order valence-corrected chi connectivity index (χ2v) is 13.2. The fraction of sp³-hybridized carbons (Fsp3) is 0. The van der Waals surface area contributed by atoms with Crippen LogP contribution in [0.2, 0.25) is 0 Å². The lowest BCUT2D eigenvalue weighted by Crippen LogP contribution is -1.96. The van der Waals surface area contributed by atoms with Crippen LogP contribution in [0.4, 0.5) is 0 Å². The van der Waals surface area contributed by atoms with Gasteiger partial charge in [-0.15, -0.1) is 0 Å². The fourth-order valence-corrected chi connectivity index (χ4v) is 8.22. The van der Waals surface area contributed by atoms with Crippen molar-refractivity contribution in [1.82, 2.24) is 0 Å². The van der Waals surface area contributed by atoms with Crippen LogP contribution in [0.1, 0.15) is 0 Å². The minimum atomic E-state index is 1.21. The maximum Gasteiger partial charge on any atom is -0.00139 e. The van der Waals surface area contributed by atoms with E-state index in [2.05, 4.69) is 194 Å². The first-order chi connectivity index (χ1) is 24.8. The highest BCUT2D eigenvalue weighted by Crippen LogP contribution is 2.49. The maximum absolute atomic E-state index is 2.40. The molecule has 0 fully saturated rings. The Morgan fingerprint density at radius 3 is 1.54 bits per heavy atom. The topological polar surface area (TPSA) is 0 Å². The summed E-state index contributed by atoms with van der Waals surface area (Å²) in [6, 6.07) is 71.4. The summed E-state index contributed by atoms with van der Waals surface area (Å²) < 4.78 is 0. The molecule has 0 N–H and O–H groups in total. The number of rotatable bonds is 4. The smallest absolute Gasteiger partial charge is 0.00139 e. The lowest BCUT2D eigenvalue weighted by molar-refractivity contribution is 1.58. The molecule has 0 atom stereocenters. The molecule has 0 heterocycles. The minimum absolute atomic E-state index is 1.21. The van der Waals surface area contributed by atoms with Crippen LogP contribution in [-0.2, 0) is 0 Å². The Bertz CT molecular complexity index is 2910. The highest BCUT2D eigenvalue weighted by molar-refractivity contribution is 6.21. The van der Waals surface area contributed by atoms with Gasteiger partial charge < -0.3 is 0 Å². The standard InChI is InChI=1S/C50H32/c1-2-14-34(15-3-1)48-32-36-18-6-9-22-39(36)49(46-27-12-19-33-16-4-8-21-38(33)46)50(48)47-24-11-10-23-42(47)40-25-13-26-41-44-29-28-35-17-5-7-20-37(35)43(44)30-31-45(40)41/h1-32H. The van der Waals surface area contributed by atoms with Gasteiger partial charge in [-0.3, -0.25) is 0 Å². The summed E-state index contributed by atoms with van der Waals surface area (Å²) in [6.45, 7) is 0. The van der Waals surface area contributed by atoms with Gasteiger partial charge in [0.15, 0.2) is 0 Å². The molecule has 0 saturated heterocycles. The summed E-state index contributed by atoms with van der Waals surface area (Å²) in [4.78, 5) is 0. The van der Waals surface area contributed by atoms with Crippen molar-refractivity contribution in [3.05, 3.63) is 194 Å². The van der Waals surface area contributed by atoms with Crippen molar-refractivity contribution in [3.8, 4) is 44.5 Å². The van der Waals surface area contributed by atoms with Gasteiger partial charge in [0.25, 0.3) is 0 Å². The molecule has 0 unspecified atom stereocenters. The summed E-state index contributed by atoms with van der Waals surface area (Å²) in [5.41, 5.74) is 9.91. The van der Waals surface area contributed by atoms with Gasteiger partial charge in [0.1, 0.15) is 0 Å². The van der Waals surface area contributed by atoms with Crippen molar-refractivity contribution in [1.29, 1.82) is 0 Å². The molecule has 232 valence electrons. The molecule has 0 aliphatic heterocycles. The van der Waals surface area contributed by atoms with Crippen LogP contribution in [0, 0.1) is 0 Å². The molecule has 0 aromatic heterocycles. The summed E-state index contributed by atoms with van der Waals surface area (Å²) in [5.74, 6) is 0. The van der Waals surface area contributed by atoms with Crippen LogP contribution >= 0.6 is 0 Å². The van der Waals surface area contributed by atoms with Crippen molar-refractivity contribution in [2.24, 2.45) is 0 Å². The first kappa shape index (κ1) is 28.5. The van der Waals surface area contributed by atoms with E-state index in [-0.39, 0.29) is 0 Å². The Balaban J connectivity index is 1.33. The molecule has 0 radical (unpaired) electrons. The molecule has 10 aromatic rings. The van der Waals surface area contributed by atoms with Gasteiger partial charge in [-0.25, -0.2) is 0 Å². The zero-order chi connectivity index (χ0) is 33.0. The zero-order valence-corrected chi connectivity index (χ0v) is 27.5. The van der Waals surface area contributed by atoms with Crippen LogP contribution in [-0.4, -0.2) is 0 Å². The van der Waals surface area contributed by atoms with Crippen molar-refractivity contribution >= 4 is 53.9 Å². The van der Waals surface area contributed by atoms with Gasteiger partial charge in [-0.05, 0) is 104 Å². The van der Waals surface area contributed by atoms with Crippen molar-refractivity contribution in [2.75, 3.05) is 0 Å². The molecule has 0 bridgehead atoms. The quantitative estimate of drug-likeness (QED) is 0.169. The molecule has 0 amide bonds. The summed E-state index contributed by atoms with van der Waals surface area (Å²) >= 11 is 0. The third-order valence-corrected chi connectivity index (χ3v) is 10.5. The molecule has 10 rings (SSSR count). The molecule has 0 heteroatoms. The zero-order valence-electron chi connectivity index (χ0n) is 27.5. The third kappa shape index (κ3) is 4.46. The van der Waals surface area contributed by atoms with Crippen LogP contribution in [0.15, 0.2) is 194 Å². The first-order valence-electron chi connectivity index (χ1n) is 17.4. The molecule has 10 aromatic carbocycles. The molecule has 0 spiro atoms. The van der Waals surface area contributed by atoms with Gasteiger partial charge in [0, 0.05) is 0 Å². The lowest BCUT2D eigenvalue weighted by Gasteiger charge is -2.23. The summed E-state index contributed by atoms with van der Waals surface area (Å²) in [7, 11) is 0. The Labute approximate surface area is 291 Å². The Morgan fingerprint density at radius 1 is 0.200 bits per heavy atom. The average Bonchev–Trinajstić information content (AvgIpc) is 3.20. The highest BCUT2D eigenvalue weighted by atomic mass is 14.3. The highest BCUT2D eigenvalue weighted by Gasteiger charge is 2.22. The summed E-state index contributed by atoms with van der Waals surface area (Å²) in [6.07, 6.45) is 0. The van der Waals surface area contributed by atoms with Crippen LogP contribution < -0.4 is 0 Å².